The molecule has 0 aliphatic heterocycles. The van der Waals surface area contributed by atoms with Gasteiger partial charge in [0.1, 0.15) is 5.82 Å². The van der Waals surface area contributed by atoms with Gasteiger partial charge >= 0.3 is 0 Å². The van der Waals surface area contributed by atoms with Crippen LogP contribution in [0, 0.1) is 23.6 Å². The van der Waals surface area contributed by atoms with Crippen molar-refractivity contribution in [3.63, 3.8) is 0 Å². The highest BCUT2D eigenvalue weighted by molar-refractivity contribution is 7.90. The summed E-state index contributed by atoms with van der Waals surface area (Å²) in [6.07, 6.45) is 0. The number of rotatable bonds is 5. The largest absolute Gasteiger partial charge is 0.320 e. The number of hydrogen-bond acceptors (Lipinski definition) is 3. The lowest BCUT2D eigenvalue weighted by molar-refractivity contribution is 0.565. The van der Waals surface area contributed by atoms with Gasteiger partial charge in [-0.2, -0.15) is 13.1 Å². The van der Waals surface area contributed by atoms with E-state index in [2.05, 4.69) is 21.3 Å². The molecule has 0 saturated carbocycles. The quantitative estimate of drug-likeness (QED) is 0.710. The van der Waals surface area contributed by atoms with Crippen LogP contribution in [0.15, 0.2) is 18.2 Å². The SMILES string of the molecule is CC(C)CNS(=O)(=O)Nc1ccc(C#CCN)c(F)c1. The third kappa shape index (κ3) is 5.57. The van der Waals surface area contributed by atoms with Gasteiger partial charge in [-0.15, -0.1) is 0 Å². The summed E-state index contributed by atoms with van der Waals surface area (Å²) in [7, 11) is -3.70. The zero-order chi connectivity index (χ0) is 15.2. The molecule has 0 radical (unpaired) electrons. The number of halogens is 1. The molecule has 1 rings (SSSR count). The Bertz CT molecular complexity index is 618. The smallest absolute Gasteiger partial charge is 0.299 e. The van der Waals surface area contributed by atoms with Crippen molar-refractivity contribution in [1.29, 1.82) is 0 Å². The lowest BCUT2D eigenvalue weighted by Gasteiger charge is -2.11. The normalized spacial score (nSPS) is 11.1. The molecule has 20 heavy (non-hydrogen) atoms. The number of nitrogens with one attached hydrogen (secondary N) is 2. The van der Waals surface area contributed by atoms with E-state index in [0.29, 0.717) is 6.54 Å². The van der Waals surface area contributed by atoms with E-state index < -0.39 is 16.0 Å². The summed E-state index contributed by atoms with van der Waals surface area (Å²) in [6, 6.07) is 3.92. The predicted molar refractivity (Wildman–Crippen MR) is 77.7 cm³/mol. The zero-order valence-corrected chi connectivity index (χ0v) is 12.2. The molecule has 7 heteroatoms. The first kappa shape index (κ1) is 16.4. The molecule has 1 aromatic carbocycles. The minimum Gasteiger partial charge on any atom is -0.320 e. The highest BCUT2D eigenvalue weighted by Crippen LogP contribution is 2.14. The first-order valence-electron chi connectivity index (χ1n) is 6.10. The molecule has 0 aliphatic rings. The molecule has 0 saturated heterocycles. The van der Waals surface area contributed by atoms with Gasteiger partial charge in [0, 0.05) is 6.54 Å². The lowest BCUT2D eigenvalue weighted by Crippen LogP contribution is -2.32. The van der Waals surface area contributed by atoms with Crippen molar-refractivity contribution in [2.24, 2.45) is 11.7 Å². The van der Waals surface area contributed by atoms with Crippen molar-refractivity contribution in [3.8, 4) is 11.8 Å². The van der Waals surface area contributed by atoms with Gasteiger partial charge in [0.05, 0.1) is 17.8 Å². The molecule has 0 amide bonds. The second kappa shape index (κ2) is 7.24. The minimum atomic E-state index is -3.70. The minimum absolute atomic E-state index is 0.132. The standard InChI is InChI=1S/C13H18FN3O2S/c1-10(2)9-16-20(18,19)17-12-6-5-11(4-3-7-15)13(14)8-12/h5-6,8,10,16-17H,7,9,15H2,1-2H3. The summed E-state index contributed by atoms with van der Waals surface area (Å²) in [6.45, 7) is 4.20. The maximum Gasteiger partial charge on any atom is 0.299 e. The average molecular weight is 299 g/mol. The molecule has 0 spiro atoms. The van der Waals surface area contributed by atoms with Crippen LogP contribution in [0.3, 0.4) is 0 Å². The van der Waals surface area contributed by atoms with Gasteiger partial charge in [0.15, 0.2) is 0 Å². The number of hydrogen-bond donors (Lipinski definition) is 3. The number of nitrogens with two attached hydrogens (primary N) is 1. The summed E-state index contributed by atoms with van der Waals surface area (Å²) < 4.78 is 41.6. The van der Waals surface area contributed by atoms with Crippen LogP contribution in [0.5, 0.6) is 0 Å². The predicted octanol–water partition coefficient (Wildman–Crippen LogP) is 1.04. The Morgan fingerprint density at radius 1 is 1.40 bits per heavy atom. The molecule has 0 aromatic heterocycles. The molecule has 0 bridgehead atoms. The molecule has 0 heterocycles. The summed E-state index contributed by atoms with van der Waals surface area (Å²) >= 11 is 0. The second-order valence-corrected chi connectivity index (χ2v) is 6.05. The molecule has 0 atom stereocenters. The van der Waals surface area contributed by atoms with Crippen LogP contribution < -0.4 is 15.2 Å². The van der Waals surface area contributed by atoms with E-state index in [9.17, 15) is 12.8 Å². The Morgan fingerprint density at radius 2 is 2.10 bits per heavy atom. The Kier molecular flexibility index (Phi) is 5.95. The van der Waals surface area contributed by atoms with Crippen molar-refractivity contribution >= 4 is 15.9 Å². The summed E-state index contributed by atoms with van der Waals surface area (Å²) in [5.41, 5.74) is 5.51. The fraction of sp³-hybridized carbons (Fsp3) is 0.385. The van der Waals surface area contributed by atoms with Gasteiger partial charge in [-0.1, -0.05) is 25.7 Å². The van der Waals surface area contributed by atoms with Crippen molar-refractivity contribution in [2.45, 2.75) is 13.8 Å². The van der Waals surface area contributed by atoms with E-state index in [1.165, 1.54) is 12.1 Å². The maximum absolute atomic E-state index is 13.7. The summed E-state index contributed by atoms with van der Waals surface area (Å²) in [5, 5.41) is 0. The van der Waals surface area contributed by atoms with Crippen molar-refractivity contribution in [2.75, 3.05) is 17.8 Å². The molecular weight excluding hydrogens is 281 g/mol. The van der Waals surface area contributed by atoms with Crippen molar-refractivity contribution in [3.05, 3.63) is 29.6 Å². The van der Waals surface area contributed by atoms with Crippen LogP contribution in [0.1, 0.15) is 19.4 Å². The fourth-order valence-corrected chi connectivity index (χ4v) is 2.36. The number of anilines is 1. The lowest BCUT2D eigenvalue weighted by atomic mass is 10.2. The monoisotopic (exact) mass is 299 g/mol. The van der Waals surface area contributed by atoms with Crippen LogP contribution >= 0.6 is 0 Å². The molecule has 5 nitrogen and oxygen atoms in total. The van der Waals surface area contributed by atoms with Gasteiger partial charge in [-0.3, -0.25) is 4.72 Å². The van der Waals surface area contributed by atoms with Gasteiger partial charge in [-0.25, -0.2) is 4.39 Å². The Labute approximate surface area is 118 Å². The van der Waals surface area contributed by atoms with E-state index in [1.54, 1.807) is 0 Å². The van der Waals surface area contributed by atoms with E-state index in [0.717, 1.165) is 6.07 Å². The van der Waals surface area contributed by atoms with Crippen LogP contribution in [0.25, 0.3) is 0 Å². The second-order valence-electron chi connectivity index (χ2n) is 4.55. The van der Waals surface area contributed by atoms with Gasteiger partial charge < -0.3 is 5.73 Å². The molecule has 110 valence electrons. The molecule has 1 aromatic rings. The van der Waals surface area contributed by atoms with E-state index in [-0.39, 0.29) is 23.7 Å². The van der Waals surface area contributed by atoms with Crippen LogP contribution in [-0.4, -0.2) is 21.5 Å². The fourth-order valence-electron chi connectivity index (χ4n) is 1.29. The third-order valence-corrected chi connectivity index (χ3v) is 3.28. The molecule has 4 N–H and O–H groups in total. The molecule has 0 unspecified atom stereocenters. The Balaban J connectivity index is 2.81. The maximum atomic E-state index is 13.7. The van der Waals surface area contributed by atoms with E-state index >= 15 is 0 Å². The number of benzene rings is 1. The highest BCUT2D eigenvalue weighted by Gasteiger charge is 2.11. The van der Waals surface area contributed by atoms with Crippen LogP contribution in [0.2, 0.25) is 0 Å². The summed E-state index contributed by atoms with van der Waals surface area (Å²) in [4.78, 5) is 0. The highest BCUT2D eigenvalue weighted by atomic mass is 32.2. The third-order valence-electron chi connectivity index (χ3n) is 2.23. The van der Waals surface area contributed by atoms with Crippen molar-refractivity contribution < 1.29 is 12.8 Å². The first-order chi connectivity index (χ1) is 9.34. The Morgan fingerprint density at radius 3 is 2.65 bits per heavy atom. The van der Waals surface area contributed by atoms with Gasteiger partial charge in [-0.05, 0) is 24.1 Å². The van der Waals surface area contributed by atoms with Crippen LogP contribution in [-0.2, 0) is 10.2 Å². The topological polar surface area (TPSA) is 84.2 Å². The van der Waals surface area contributed by atoms with Crippen molar-refractivity contribution in [1.82, 2.24) is 4.72 Å². The molecular formula is C13H18FN3O2S. The zero-order valence-electron chi connectivity index (χ0n) is 11.4. The molecule has 0 aliphatic carbocycles. The van der Waals surface area contributed by atoms with E-state index in [1.807, 2.05) is 13.8 Å². The van der Waals surface area contributed by atoms with Crippen LogP contribution in [0.4, 0.5) is 10.1 Å². The average Bonchev–Trinajstić information content (AvgIpc) is 2.35. The van der Waals surface area contributed by atoms with Gasteiger partial charge in [0.25, 0.3) is 10.2 Å². The first-order valence-corrected chi connectivity index (χ1v) is 7.58. The van der Waals surface area contributed by atoms with E-state index in [4.69, 9.17) is 5.73 Å². The molecule has 0 fully saturated rings. The Hall–Kier alpha value is -1.62. The van der Waals surface area contributed by atoms with Gasteiger partial charge in [0.2, 0.25) is 0 Å². The summed E-state index contributed by atoms with van der Waals surface area (Å²) in [5.74, 6) is 4.67.